The van der Waals surface area contributed by atoms with E-state index in [9.17, 15) is 22.8 Å². The third kappa shape index (κ3) is 6.82. The lowest BCUT2D eigenvalue weighted by Crippen LogP contribution is -2.13. The Morgan fingerprint density at radius 2 is 1.49 bits per heavy atom. The summed E-state index contributed by atoms with van der Waals surface area (Å²) < 4.78 is 61.7. The zero-order chi connectivity index (χ0) is 29.7. The summed E-state index contributed by atoms with van der Waals surface area (Å²) in [6, 6.07) is 14.8. The van der Waals surface area contributed by atoms with Gasteiger partial charge in [0.05, 0.1) is 36.9 Å². The fraction of sp³-hybridized carbons (Fsp3) is 0.290. The summed E-state index contributed by atoms with van der Waals surface area (Å²) in [6.45, 7) is 7.44. The molecule has 7 nitrogen and oxygen atoms in total. The van der Waals surface area contributed by atoms with Gasteiger partial charge in [0.25, 0.3) is 0 Å². The Labute approximate surface area is 235 Å². The van der Waals surface area contributed by atoms with Gasteiger partial charge in [0, 0.05) is 22.2 Å². The van der Waals surface area contributed by atoms with E-state index in [1.807, 2.05) is 13.8 Å². The number of rotatable bonds is 10. The van der Waals surface area contributed by atoms with Crippen molar-refractivity contribution in [3.63, 3.8) is 0 Å². The van der Waals surface area contributed by atoms with Gasteiger partial charge >= 0.3 is 18.1 Å². The van der Waals surface area contributed by atoms with E-state index in [1.165, 1.54) is 12.1 Å². The first-order valence-corrected chi connectivity index (χ1v) is 13.1. The molecule has 0 aliphatic heterocycles. The van der Waals surface area contributed by atoms with E-state index in [4.69, 9.17) is 18.9 Å². The molecule has 10 heteroatoms. The maximum atomic E-state index is 13.3. The van der Waals surface area contributed by atoms with E-state index in [0.717, 1.165) is 12.1 Å². The van der Waals surface area contributed by atoms with Gasteiger partial charge < -0.3 is 23.9 Å². The molecule has 0 bridgehead atoms. The van der Waals surface area contributed by atoms with Crippen LogP contribution in [0.2, 0.25) is 0 Å². The molecule has 0 spiro atoms. The Hall–Kier alpha value is -4.47. The first-order valence-electron chi connectivity index (χ1n) is 13.1. The second kappa shape index (κ2) is 12.4. The predicted molar refractivity (Wildman–Crippen MR) is 147 cm³/mol. The third-order valence-electron chi connectivity index (χ3n) is 6.03. The van der Waals surface area contributed by atoms with Gasteiger partial charge in [-0.1, -0.05) is 12.1 Å². The smallest absolute Gasteiger partial charge is 0.416 e. The zero-order valence-electron chi connectivity index (χ0n) is 23.1. The molecular formula is C31H30F3NO6. The Morgan fingerprint density at radius 1 is 0.854 bits per heavy atom. The molecule has 1 heterocycles. The normalized spacial score (nSPS) is 11.5. The molecule has 4 aromatic rings. The number of esters is 2. The molecule has 0 amide bonds. The van der Waals surface area contributed by atoms with Crippen molar-refractivity contribution in [2.24, 2.45) is 0 Å². The van der Waals surface area contributed by atoms with Crippen LogP contribution in [0.4, 0.5) is 13.2 Å². The Morgan fingerprint density at radius 3 is 2.07 bits per heavy atom. The van der Waals surface area contributed by atoms with Crippen LogP contribution in [0.3, 0.4) is 0 Å². The van der Waals surface area contributed by atoms with Crippen molar-refractivity contribution in [2.75, 3.05) is 13.2 Å². The van der Waals surface area contributed by atoms with Crippen LogP contribution in [0.15, 0.2) is 60.7 Å². The predicted octanol–water partition coefficient (Wildman–Crippen LogP) is 7.72. The second-order valence-electron chi connectivity index (χ2n) is 9.36. The number of carbonyl (C=O) groups is 2. The molecule has 3 aromatic carbocycles. The summed E-state index contributed by atoms with van der Waals surface area (Å²) >= 11 is 0. The van der Waals surface area contributed by atoms with E-state index in [0.29, 0.717) is 33.5 Å². The first kappa shape index (κ1) is 29.5. The Kier molecular flexibility index (Phi) is 8.90. The number of hydrogen-bond acceptors (Lipinski definition) is 6. The van der Waals surface area contributed by atoms with Crippen molar-refractivity contribution < 1.29 is 41.7 Å². The molecule has 0 fully saturated rings. The van der Waals surface area contributed by atoms with Gasteiger partial charge in [0.15, 0.2) is 0 Å². The largest absolute Gasteiger partial charge is 0.491 e. The maximum Gasteiger partial charge on any atom is 0.416 e. The Balaban J connectivity index is 1.92. The SMILES string of the molecule is CCOC(=O)Cc1[nH]c2ccc(Oc3ccc(C(F)(F)F)cc3)c(-c3ccc(OC(C)C)cc3)c2c1C(=O)OCC. The topological polar surface area (TPSA) is 86.9 Å². The highest BCUT2D eigenvalue weighted by Crippen LogP contribution is 2.43. The molecule has 0 saturated carbocycles. The molecule has 1 aromatic heterocycles. The lowest BCUT2D eigenvalue weighted by molar-refractivity contribution is -0.142. The summed E-state index contributed by atoms with van der Waals surface area (Å²) in [4.78, 5) is 28.8. The number of nitrogens with one attached hydrogen (secondary N) is 1. The van der Waals surface area contributed by atoms with Gasteiger partial charge in [0.2, 0.25) is 0 Å². The molecule has 0 aliphatic carbocycles. The molecule has 0 radical (unpaired) electrons. The number of hydrogen-bond donors (Lipinski definition) is 1. The van der Waals surface area contributed by atoms with Crippen molar-refractivity contribution in [3.8, 4) is 28.4 Å². The number of aromatic nitrogens is 1. The molecule has 0 atom stereocenters. The number of aromatic amines is 1. The summed E-state index contributed by atoms with van der Waals surface area (Å²) in [5, 5.41) is 0.435. The number of fused-ring (bicyclic) bond motifs is 1. The summed E-state index contributed by atoms with van der Waals surface area (Å²) in [5.41, 5.74) is 1.30. The number of H-pyrrole nitrogens is 1. The van der Waals surface area contributed by atoms with Gasteiger partial charge in [-0.25, -0.2) is 4.79 Å². The first-order chi connectivity index (χ1) is 19.5. The molecule has 0 unspecified atom stereocenters. The molecule has 0 aliphatic rings. The number of halogens is 3. The summed E-state index contributed by atoms with van der Waals surface area (Å²) in [6.07, 6.45) is -4.74. The lowest BCUT2D eigenvalue weighted by atomic mass is 9.96. The summed E-state index contributed by atoms with van der Waals surface area (Å²) in [7, 11) is 0. The highest BCUT2D eigenvalue weighted by atomic mass is 19.4. The van der Waals surface area contributed by atoms with Crippen LogP contribution >= 0.6 is 0 Å². The van der Waals surface area contributed by atoms with Crippen LogP contribution < -0.4 is 9.47 Å². The fourth-order valence-corrected chi connectivity index (χ4v) is 4.42. The fourth-order valence-electron chi connectivity index (χ4n) is 4.42. The molecule has 41 heavy (non-hydrogen) atoms. The standard InChI is InChI=1S/C31H30F3NO6/c1-5-38-26(36)17-24-29(30(37)39-6-2)28-23(35-24)15-16-25(41-22-13-9-20(10-14-22)31(32,33)34)27(28)19-7-11-21(12-8-19)40-18(3)4/h7-16,18,35H,5-6,17H2,1-4H3. The van der Waals surface area contributed by atoms with Crippen LogP contribution in [0.1, 0.15) is 49.3 Å². The number of benzene rings is 3. The highest BCUT2D eigenvalue weighted by molar-refractivity contribution is 6.13. The van der Waals surface area contributed by atoms with Gasteiger partial charge in [-0.05, 0) is 81.8 Å². The quantitative estimate of drug-likeness (QED) is 0.197. The van der Waals surface area contributed by atoms with Crippen LogP contribution in [0, 0.1) is 0 Å². The minimum atomic E-state index is -4.49. The van der Waals surface area contributed by atoms with Crippen molar-refractivity contribution in [2.45, 2.75) is 46.4 Å². The average molecular weight is 570 g/mol. The van der Waals surface area contributed by atoms with E-state index in [-0.39, 0.29) is 42.8 Å². The molecule has 216 valence electrons. The summed E-state index contributed by atoms with van der Waals surface area (Å²) in [5.74, 6) is -0.0996. The highest BCUT2D eigenvalue weighted by Gasteiger charge is 2.30. The number of carbonyl (C=O) groups excluding carboxylic acids is 2. The van der Waals surface area contributed by atoms with Gasteiger partial charge in [-0.15, -0.1) is 0 Å². The molecular weight excluding hydrogens is 539 g/mol. The number of ether oxygens (including phenoxy) is 4. The Bertz CT molecular complexity index is 1520. The van der Waals surface area contributed by atoms with E-state index < -0.39 is 23.7 Å². The van der Waals surface area contributed by atoms with E-state index in [1.54, 1.807) is 50.2 Å². The third-order valence-corrected chi connectivity index (χ3v) is 6.03. The van der Waals surface area contributed by atoms with Gasteiger partial charge in [-0.2, -0.15) is 13.2 Å². The second-order valence-corrected chi connectivity index (χ2v) is 9.36. The van der Waals surface area contributed by atoms with Crippen LogP contribution in [0.25, 0.3) is 22.0 Å². The maximum absolute atomic E-state index is 13.3. The van der Waals surface area contributed by atoms with Crippen LogP contribution in [-0.2, 0) is 26.9 Å². The van der Waals surface area contributed by atoms with Crippen molar-refractivity contribution in [3.05, 3.63) is 77.5 Å². The minimum Gasteiger partial charge on any atom is -0.491 e. The van der Waals surface area contributed by atoms with E-state index in [2.05, 4.69) is 4.98 Å². The molecule has 4 rings (SSSR count). The van der Waals surface area contributed by atoms with Crippen molar-refractivity contribution >= 4 is 22.8 Å². The van der Waals surface area contributed by atoms with E-state index >= 15 is 0 Å². The molecule has 0 saturated heterocycles. The van der Waals surface area contributed by atoms with Gasteiger partial charge in [-0.3, -0.25) is 4.79 Å². The lowest BCUT2D eigenvalue weighted by Gasteiger charge is -2.16. The van der Waals surface area contributed by atoms with Crippen LogP contribution in [0.5, 0.6) is 17.2 Å². The number of alkyl halides is 3. The zero-order valence-corrected chi connectivity index (χ0v) is 23.1. The van der Waals surface area contributed by atoms with Crippen LogP contribution in [-0.4, -0.2) is 36.2 Å². The minimum absolute atomic E-state index is 0.0478. The van der Waals surface area contributed by atoms with Crippen molar-refractivity contribution in [1.29, 1.82) is 0 Å². The van der Waals surface area contributed by atoms with Gasteiger partial charge in [0.1, 0.15) is 17.2 Å². The monoisotopic (exact) mass is 569 g/mol. The van der Waals surface area contributed by atoms with Crippen molar-refractivity contribution in [1.82, 2.24) is 4.98 Å². The average Bonchev–Trinajstić information content (AvgIpc) is 3.27. The molecule has 1 N–H and O–H groups in total.